The van der Waals surface area contributed by atoms with Crippen molar-refractivity contribution in [1.82, 2.24) is 15.2 Å². The Morgan fingerprint density at radius 3 is 2.46 bits per heavy atom. The van der Waals surface area contributed by atoms with E-state index in [1.807, 2.05) is 0 Å². The van der Waals surface area contributed by atoms with Crippen molar-refractivity contribution in [2.75, 3.05) is 13.1 Å². The van der Waals surface area contributed by atoms with E-state index in [1.165, 1.54) is 13.8 Å². The van der Waals surface area contributed by atoms with E-state index >= 15 is 0 Å². The van der Waals surface area contributed by atoms with Gasteiger partial charge in [-0.05, 0) is 13.0 Å². The van der Waals surface area contributed by atoms with Crippen molar-refractivity contribution in [3.63, 3.8) is 0 Å². The molecule has 1 rings (SSSR count). The smallest absolute Gasteiger partial charge is 0.417 e. The summed E-state index contributed by atoms with van der Waals surface area (Å²) in [5.41, 5.74) is -1.50. The highest BCUT2D eigenvalue weighted by atomic mass is 19.4. The number of nitrogens with zero attached hydrogens (tertiary/aromatic N) is 2. The summed E-state index contributed by atoms with van der Waals surface area (Å²) in [6, 6.07) is -0.684. The summed E-state index contributed by atoms with van der Waals surface area (Å²) in [7, 11) is 0. The van der Waals surface area contributed by atoms with Crippen LogP contribution in [0.25, 0.3) is 0 Å². The van der Waals surface area contributed by atoms with Gasteiger partial charge in [0, 0.05) is 32.4 Å². The molecule has 1 aromatic rings. The molecule has 132 valence electrons. The normalized spacial score (nSPS) is 12.4. The van der Waals surface area contributed by atoms with Crippen LogP contribution in [0.3, 0.4) is 0 Å². The maximum atomic E-state index is 12.7. The number of hydrogen-bond acceptors (Lipinski definition) is 4. The quantitative estimate of drug-likeness (QED) is 0.804. The Kier molecular flexibility index (Phi) is 6.27. The number of alkyl halides is 3. The van der Waals surface area contributed by atoms with Crippen molar-refractivity contribution in [2.24, 2.45) is 0 Å². The van der Waals surface area contributed by atoms with Crippen LogP contribution in [-0.4, -0.2) is 51.9 Å². The molecule has 0 saturated heterocycles. The Bertz CT molecular complexity index is 634. The summed E-state index contributed by atoms with van der Waals surface area (Å²) >= 11 is 0. The van der Waals surface area contributed by atoms with Crippen molar-refractivity contribution >= 4 is 17.8 Å². The van der Waals surface area contributed by atoms with Gasteiger partial charge in [-0.25, -0.2) is 4.79 Å². The number of hydrogen-bond donors (Lipinski definition) is 2. The minimum atomic E-state index is -4.68. The van der Waals surface area contributed by atoms with Crippen LogP contribution < -0.4 is 5.32 Å². The molecule has 0 saturated carbocycles. The molecule has 2 N–H and O–H groups in total. The summed E-state index contributed by atoms with van der Waals surface area (Å²) in [5.74, 6) is -2.63. The molecule has 1 atom stereocenters. The third-order valence-electron chi connectivity index (χ3n) is 3.12. The highest BCUT2D eigenvalue weighted by molar-refractivity contribution is 5.96. The zero-order valence-corrected chi connectivity index (χ0v) is 12.9. The van der Waals surface area contributed by atoms with E-state index in [-0.39, 0.29) is 24.6 Å². The van der Waals surface area contributed by atoms with Crippen molar-refractivity contribution in [3.8, 4) is 0 Å². The van der Waals surface area contributed by atoms with Gasteiger partial charge in [0.15, 0.2) is 0 Å². The van der Waals surface area contributed by atoms with E-state index in [0.717, 1.165) is 11.1 Å². The average Bonchev–Trinajstić information content (AvgIpc) is 2.49. The molecule has 2 amide bonds. The first-order valence-electron chi connectivity index (χ1n) is 6.84. The number of aliphatic carboxylic acids is 1. The summed E-state index contributed by atoms with van der Waals surface area (Å²) in [6.45, 7) is 2.24. The summed E-state index contributed by atoms with van der Waals surface area (Å²) in [6.07, 6.45) is -3.18. The van der Waals surface area contributed by atoms with Crippen molar-refractivity contribution in [1.29, 1.82) is 0 Å². The molecule has 0 fully saturated rings. The molecule has 10 heteroatoms. The third kappa shape index (κ3) is 5.21. The molecule has 0 aliphatic carbocycles. The lowest BCUT2D eigenvalue weighted by Crippen LogP contribution is -2.46. The summed E-state index contributed by atoms with van der Waals surface area (Å²) in [4.78, 5) is 38.6. The van der Waals surface area contributed by atoms with E-state index in [4.69, 9.17) is 5.11 Å². The van der Waals surface area contributed by atoms with Crippen LogP contribution in [-0.2, 0) is 15.8 Å². The Labute approximate surface area is 135 Å². The number of carboxylic acid groups (broad SMARTS) is 1. The van der Waals surface area contributed by atoms with E-state index in [2.05, 4.69) is 10.3 Å². The SMILES string of the molecule is CC(=O)NCCN(C(=O)c1cncc(C(F)(F)F)c1)C(C)C(=O)O. The second kappa shape index (κ2) is 7.75. The lowest BCUT2D eigenvalue weighted by atomic mass is 10.1. The molecule has 0 aliphatic heterocycles. The van der Waals surface area contributed by atoms with Gasteiger partial charge in [0.25, 0.3) is 5.91 Å². The molecule has 0 bridgehead atoms. The fraction of sp³-hybridized carbons (Fsp3) is 0.429. The monoisotopic (exact) mass is 347 g/mol. The number of halogens is 3. The van der Waals surface area contributed by atoms with Gasteiger partial charge in [-0.2, -0.15) is 13.2 Å². The molecule has 0 aromatic carbocycles. The van der Waals surface area contributed by atoms with Gasteiger partial charge in [0.2, 0.25) is 5.91 Å². The molecule has 24 heavy (non-hydrogen) atoms. The van der Waals surface area contributed by atoms with E-state index < -0.39 is 29.7 Å². The molecule has 1 heterocycles. The van der Waals surface area contributed by atoms with Crippen LogP contribution in [0.1, 0.15) is 29.8 Å². The second-order valence-electron chi connectivity index (χ2n) is 4.96. The molecule has 7 nitrogen and oxygen atoms in total. The lowest BCUT2D eigenvalue weighted by molar-refractivity contribution is -0.142. The Morgan fingerprint density at radius 1 is 1.33 bits per heavy atom. The predicted molar refractivity (Wildman–Crippen MR) is 76.1 cm³/mol. The van der Waals surface area contributed by atoms with Gasteiger partial charge < -0.3 is 15.3 Å². The van der Waals surface area contributed by atoms with E-state index in [9.17, 15) is 27.6 Å². The first-order chi connectivity index (χ1) is 11.0. The number of carbonyl (C=O) groups excluding carboxylic acids is 2. The van der Waals surface area contributed by atoms with Crippen LogP contribution in [0.2, 0.25) is 0 Å². The second-order valence-corrected chi connectivity index (χ2v) is 4.96. The number of nitrogens with one attached hydrogen (secondary N) is 1. The minimum Gasteiger partial charge on any atom is -0.480 e. The van der Waals surface area contributed by atoms with E-state index in [1.54, 1.807) is 0 Å². The maximum absolute atomic E-state index is 12.7. The van der Waals surface area contributed by atoms with Gasteiger partial charge in [0.05, 0.1) is 11.1 Å². The standard InChI is InChI=1S/C14H16F3N3O4/c1-8(13(23)24)20(4-3-19-9(2)21)12(22)10-5-11(7-18-6-10)14(15,16)17/h5-8H,3-4H2,1-2H3,(H,19,21)(H,23,24). The first kappa shape index (κ1) is 19.4. The lowest BCUT2D eigenvalue weighted by Gasteiger charge is -2.26. The largest absolute Gasteiger partial charge is 0.480 e. The summed E-state index contributed by atoms with van der Waals surface area (Å²) in [5, 5.41) is 11.5. The Balaban J connectivity index is 3.06. The van der Waals surface area contributed by atoms with Crippen LogP contribution in [0.15, 0.2) is 18.5 Å². The van der Waals surface area contributed by atoms with Gasteiger partial charge in [-0.3, -0.25) is 14.6 Å². The van der Waals surface area contributed by atoms with Crippen LogP contribution in [0, 0.1) is 0 Å². The first-order valence-corrected chi connectivity index (χ1v) is 6.84. The molecule has 0 radical (unpaired) electrons. The Morgan fingerprint density at radius 2 is 1.96 bits per heavy atom. The van der Waals surface area contributed by atoms with Gasteiger partial charge in [-0.1, -0.05) is 0 Å². The number of carboxylic acids is 1. The molecule has 1 unspecified atom stereocenters. The fourth-order valence-corrected chi connectivity index (χ4v) is 1.83. The Hall–Kier alpha value is -2.65. The van der Waals surface area contributed by atoms with Crippen molar-refractivity contribution < 1.29 is 32.7 Å². The molecule has 1 aromatic heterocycles. The van der Waals surface area contributed by atoms with Crippen LogP contribution in [0.4, 0.5) is 13.2 Å². The minimum absolute atomic E-state index is 0.0366. The fourth-order valence-electron chi connectivity index (χ4n) is 1.83. The predicted octanol–water partition coefficient (Wildman–Crippen LogP) is 1.15. The maximum Gasteiger partial charge on any atom is 0.417 e. The number of rotatable bonds is 6. The van der Waals surface area contributed by atoms with E-state index in [0.29, 0.717) is 12.3 Å². The highest BCUT2D eigenvalue weighted by Gasteiger charge is 2.33. The molecule has 0 spiro atoms. The zero-order chi connectivity index (χ0) is 18.5. The van der Waals surface area contributed by atoms with Crippen molar-refractivity contribution in [3.05, 3.63) is 29.6 Å². The third-order valence-corrected chi connectivity index (χ3v) is 3.12. The molecular weight excluding hydrogens is 331 g/mol. The van der Waals surface area contributed by atoms with Gasteiger partial charge >= 0.3 is 12.1 Å². The molecule has 0 aliphatic rings. The highest BCUT2D eigenvalue weighted by Crippen LogP contribution is 2.29. The average molecular weight is 347 g/mol. The number of amides is 2. The van der Waals surface area contributed by atoms with Crippen LogP contribution in [0.5, 0.6) is 0 Å². The van der Waals surface area contributed by atoms with Crippen molar-refractivity contribution in [2.45, 2.75) is 26.1 Å². The number of carbonyl (C=O) groups is 3. The topological polar surface area (TPSA) is 99.6 Å². The van der Waals surface area contributed by atoms with Gasteiger partial charge in [-0.15, -0.1) is 0 Å². The zero-order valence-electron chi connectivity index (χ0n) is 12.9. The summed E-state index contributed by atoms with van der Waals surface area (Å²) < 4.78 is 38.1. The van der Waals surface area contributed by atoms with Crippen LogP contribution >= 0.6 is 0 Å². The number of pyridine rings is 1. The number of aromatic nitrogens is 1. The van der Waals surface area contributed by atoms with Gasteiger partial charge in [0.1, 0.15) is 6.04 Å². The molecular formula is C14H16F3N3O4.